The Morgan fingerprint density at radius 2 is 2.05 bits per heavy atom. The molecule has 0 unspecified atom stereocenters. The van der Waals surface area contributed by atoms with Gasteiger partial charge in [-0.15, -0.1) is 0 Å². The molecule has 7 heteroatoms. The summed E-state index contributed by atoms with van der Waals surface area (Å²) in [4.78, 5) is 11.2. The molecule has 0 amide bonds. The van der Waals surface area contributed by atoms with Crippen LogP contribution in [0.3, 0.4) is 0 Å². The van der Waals surface area contributed by atoms with Gasteiger partial charge in [-0.2, -0.15) is 4.31 Å². The Labute approximate surface area is 138 Å². The largest absolute Gasteiger partial charge is 0.478 e. The van der Waals surface area contributed by atoms with Gasteiger partial charge in [0.2, 0.25) is 10.0 Å². The zero-order valence-corrected chi connectivity index (χ0v) is 14.9. The molecule has 1 fully saturated rings. The lowest BCUT2D eigenvalue weighted by atomic mass is 9.85. The van der Waals surface area contributed by atoms with Gasteiger partial charge in [0, 0.05) is 16.7 Å². The molecule has 1 aliphatic heterocycles. The van der Waals surface area contributed by atoms with E-state index in [0.29, 0.717) is 16.7 Å². The summed E-state index contributed by atoms with van der Waals surface area (Å²) in [6.07, 6.45) is 1.81. The quantitative estimate of drug-likeness (QED) is 0.759. The van der Waals surface area contributed by atoms with Crippen LogP contribution in [0.25, 0.3) is 0 Å². The highest BCUT2D eigenvalue weighted by Gasteiger charge is 2.34. The standard InChI is InChI=1S/C14H18INO4S/c1-14(2)6-3-7-16(9-14)21(19,20)10-4-5-12(15)11(8-10)13(17)18/h4-5,8H,3,6-7,9H2,1-2H3,(H,17,18). The van der Waals surface area contributed by atoms with Crippen LogP contribution in [-0.4, -0.2) is 36.9 Å². The van der Waals surface area contributed by atoms with E-state index >= 15 is 0 Å². The van der Waals surface area contributed by atoms with Crippen molar-refractivity contribution in [3.05, 3.63) is 27.3 Å². The molecule has 0 saturated carbocycles. The number of halogens is 1. The Kier molecular flexibility index (Phi) is 4.65. The molecule has 116 valence electrons. The van der Waals surface area contributed by atoms with Crippen molar-refractivity contribution in [1.82, 2.24) is 4.31 Å². The van der Waals surface area contributed by atoms with Crippen LogP contribution in [0.15, 0.2) is 23.1 Å². The average Bonchev–Trinajstić information content (AvgIpc) is 2.37. The number of piperidine rings is 1. The van der Waals surface area contributed by atoms with E-state index in [1.165, 1.54) is 22.5 Å². The Morgan fingerprint density at radius 3 is 2.62 bits per heavy atom. The summed E-state index contributed by atoms with van der Waals surface area (Å²) in [7, 11) is -3.64. The monoisotopic (exact) mass is 423 g/mol. The number of sulfonamides is 1. The maximum Gasteiger partial charge on any atom is 0.336 e. The average molecular weight is 423 g/mol. The van der Waals surface area contributed by atoms with Crippen molar-refractivity contribution in [2.75, 3.05) is 13.1 Å². The van der Waals surface area contributed by atoms with E-state index in [0.717, 1.165) is 12.8 Å². The van der Waals surface area contributed by atoms with Crippen molar-refractivity contribution in [1.29, 1.82) is 0 Å². The maximum atomic E-state index is 12.7. The normalized spacial score (nSPS) is 19.4. The van der Waals surface area contributed by atoms with Crippen molar-refractivity contribution in [3.8, 4) is 0 Å². The highest BCUT2D eigenvalue weighted by atomic mass is 127. The van der Waals surface area contributed by atoms with Crippen molar-refractivity contribution < 1.29 is 18.3 Å². The van der Waals surface area contributed by atoms with Gasteiger partial charge in [0.1, 0.15) is 0 Å². The highest BCUT2D eigenvalue weighted by Crippen LogP contribution is 2.32. The Hall–Kier alpha value is -0.670. The van der Waals surface area contributed by atoms with Crippen LogP contribution >= 0.6 is 22.6 Å². The maximum absolute atomic E-state index is 12.7. The molecule has 0 spiro atoms. The van der Waals surface area contributed by atoms with E-state index in [1.54, 1.807) is 0 Å². The molecule has 1 aromatic rings. The molecule has 0 radical (unpaired) electrons. The predicted octanol–water partition coefficient (Wildman–Crippen LogP) is 2.80. The Balaban J connectivity index is 2.40. The van der Waals surface area contributed by atoms with E-state index in [9.17, 15) is 13.2 Å². The van der Waals surface area contributed by atoms with Crippen molar-refractivity contribution in [2.24, 2.45) is 5.41 Å². The fourth-order valence-corrected chi connectivity index (χ4v) is 4.81. The van der Waals surface area contributed by atoms with Gasteiger partial charge in [-0.05, 0) is 59.0 Å². The van der Waals surface area contributed by atoms with Gasteiger partial charge in [-0.3, -0.25) is 0 Å². The van der Waals surface area contributed by atoms with E-state index in [1.807, 2.05) is 36.4 Å². The van der Waals surface area contributed by atoms with Gasteiger partial charge in [-0.25, -0.2) is 13.2 Å². The third-order valence-electron chi connectivity index (χ3n) is 3.67. The molecule has 1 aliphatic rings. The molecule has 2 rings (SSSR count). The summed E-state index contributed by atoms with van der Waals surface area (Å²) in [5, 5.41) is 9.14. The zero-order chi connectivity index (χ0) is 15.8. The third-order valence-corrected chi connectivity index (χ3v) is 6.45. The van der Waals surface area contributed by atoms with Crippen LogP contribution in [0.1, 0.15) is 37.0 Å². The Bertz CT molecular complexity index is 670. The lowest BCUT2D eigenvalue weighted by molar-refractivity contribution is 0.0695. The first-order valence-corrected chi connectivity index (χ1v) is 9.18. The third kappa shape index (κ3) is 3.57. The molecule has 21 heavy (non-hydrogen) atoms. The number of carboxylic acids is 1. The lowest BCUT2D eigenvalue weighted by Gasteiger charge is -2.37. The minimum Gasteiger partial charge on any atom is -0.478 e. The number of benzene rings is 1. The van der Waals surface area contributed by atoms with Crippen LogP contribution in [0.4, 0.5) is 0 Å². The first-order valence-electron chi connectivity index (χ1n) is 6.66. The second kappa shape index (κ2) is 5.85. The summed E-state index contributed by atoms with van der Waals surface area (Å²) >= 11 is 1.89. The molecule has 1 aromatic carbocycles. The molecule has 0 aliphatic carbocycles. The molecule has 1 saturated heterocycles. The first kappa shape index (κ1) is 16.7. The first-order chi connectivity index (χ1) is 9.63. The van der Waals surface area contributed by atoms with Gasteiger partial charge in [0.25, 0.3) is 0 Å². The zero-order valence-electron chi connectivity index (χ0n) is 12.0. The van der Waals surface area contributed by atoms with Gasteiger partial charge < -0.3 is 5.11 Å². The van der Waals surface area contributed by atoms with E-state index in [2.05, 4.69) is 0 Å². The molecule has 5 nitrogen and oxygen atoms in total. The fraction of sp³-hybridized carbons (Fsp3) is 0.500. The van der Waals surface area contributed by atoms with E-state index < -0.39 is 16.0 Å². The smallest absolute Gasteiger partial charge is 0.336 e. The van der Waals surface area contributed by atoms with Crippen molar-refractivity contribution in [3.63, 3.8) is 0 Å². The second-order valence-corrected chi connectivity index (χ2v) is 9.15. The summed E-state index contributed by atoms with van der Waals surface area (Å²) in [6.45, 7) is 5.04. The molecule has 0 aromatic heterocycles. The van der Waals surface area contributed by atoms with E-state index in [-0.39, 0.29) is 15.9 Å². The minimum atomic E-state index is -3.64. The van der Waals surface area contributed by atoms with Gasteiger partial charge in [0.15, 0.2) is 0 Å². The topological polar surface area (TPSA) is 74.7 Å². The second-order valence-electron chi connectivity index (χ2n) is 6.05. The minimum absolute atomic E-state index is 0.0212. The molecule has 0 atom stereocenters. The van der Waals surface area contributed by atoms with Gasteiger partial charge in [0.05, 0.1) is 10.5 Å². The molecular formula is C14H18INO4S. The fourth-order valence-electron chi connectivity index (χ4n) is 2.55. The summed E-state index contributed by atoms with van der Waals surface area (Å²) in [5.74, 6) is -1.12. The number of hydrogen-bond donors (Lipinski definition) is 1. The number of aromatic carboxylic acids is 1. The lowest BCUT2D eigenvalue weighted by Crippen LogP contribution is -2.43. The van der Waals surface area contributed by atoms with Crippen LogP contribution in [0.5, 0.6) is 0 Å². The van der Waals surface area contributed by atoms with Crippen LogP contribution in [0, 0.1) is 8.99 Å². The van der Waals surface area contributed by atoms with Crippen molar-refractivity contribution in [2.45, 2.75) is 31.6 Å². The number of hydrogen-bond acceptors (Lipinski definition) is 3. The summed E-state index contributed by atoms with van der Waals surface area (Å²) in [6, 6.07) is 4.26. The summed E-state index contributed by atoms with van der Waals surface area (Å²) in [5.41, 5.74) is -0.0302. The van der Waals surface area contributed by atoms with Gasteiger partial charge in [-0.1, -0.05) is 13.8 Å². The molecular weight excluding hydrogens is 405 g/mol. The summed E-state index contributed by atoms with van der Waals surface area (Å²) < 4.78 is 27.4. The number of carboxylic acid groups (broad SMARTS) is 1. The molecule has 1 heterocycles. The number of carbonyl (C=O) groups is 1. The Morgan fingerprint density at radius 1 is 1.38 bits per heavy atom. The predicted molar refractivity (Wildman–Crippen MR) is 87.9 cm³/mol. The highest BCUT2D eigenvalue weighted by molar-refractivity contribution is 14.1. The van der Waals surface area contributed by atoms with Crippen LogP contribution < -0.4 is 0 Å². The van der Waals surface area contributed by atoms with E-state index in [4.69, 9.17) is 5.11 Å². The van der Waals surface area contributed by atoms with Gasteiger partial charge >= 0.3 is 5.97 Å². The number of nitrogens with zero attached hydrogens (tertiary/aromatic N) is 1. The van der Waals surface area contributed by atoms with Crippen molar-refractivity contribution >= 4 is 38.6 Å². The van der Waals surface area contributed by atoms with Crippen LogP contribution in [0.2, 0.25) is 0 Å². The number of rotatable bonds is 3. The molecule has 1 N–H and O–H groups in total. The molecule has 0 bridgehead atoms. The SMILES string of the molecule is CC1(C)CCCN(S(=O)(=O)c2ccc(I)c(C(=O)O)c2)C1. The van der Waals surface area contributed by atoms with Crippen LogP contribution in [-0.2, 0) is 10.0 Å².